The standard InChI is InChI=1S/C15H20O5/c1-2-20-14(19)15(13(17)18,10-6-7-11-16)12-8-4-3-5-9-12/h3-5,8-9,16H,2,6-7,10-11H2,1H3,(H,17,18). The van der Waals surface area contributed by atoms with Crippen LogP contribution in [0.15, 0.2) is 30.3 Å². The molecule has 0 aliphatic rings. The Balaban J connectivity index is 3.20. The molecule has 2 N–H and O–H groups in total. The van der Waals surface area contributed by atoms with E-state index in [1.54, 1.807) is 37.3 Å². The number of benzene rings is 1. The normalized spacial score (nSPS) is 13.5. The molecular weight excluding hydrogens is 260 g/mol. The summed E-state index contributed by atoms with van der Waals surface area (Å²) in [6.07, 6.45) is 0.976. The van der Waals surface area contributed by atoms with Crippen molar-refractivity contribution in [2.45, 2.75) is 31.6 Å². The second kappa shape index (κ2) is 7.65. The van der Waals surface area contributed by atoms with E-state index < -0.39 is 17.4 Å². The van der Waals surface area contributed by atoms with Crippen LogP contribution in [0.25, 0.3) is 0 Å². The van der Waals surface area contributed by atoms with Crippen LogP contribution in [0.5, 0.6) is 0 Å². The number of esters is 1. The van der Waals surface area contributed by atoms with Gasteiger partial charge in [0.2, 0.25) is 0 Å². The van der Waals surface area contributed by atoms with Crippen LogP contribution in [0.1, 0.15) is 31.7 Å². The smallest absolute Gasteiger partial charge is 0.328 e. The predicted octanol–water partition coefficient (Wildman–Crippen LogP) is 1.73. The van der Waals surface area contributed by atoms with Crippen molar-refractivity contribution >= 4 is 11.9 Å². The summed E-state index contributed by atoms with van der Waals surface area (Å²) < 4.78 is 4.97. The number of aliphatic hydroxyl groups is 1. The molecule has 0 saturated heterocycles. The van der Waals surface area contributed by atoms with Gasteiger partial charge in [0.05, 0.1) is 6.61 Å². The van der Waals surface area contributed by atoms with Gasteiger partial charge >= 0.3 is 11.9 Å². The lowest BCUT2D eigenvalue weighted by Gasteiger charge is -2.27. The summed E-state index contributed by atoms with van der Waals surface area (Å²) in [7, 11) is 0. The molecule has 0 aliphatic heterocycles. The van der Waals surface area contributed by atoms with Gasteiger partial charge in [0.15, 0.2) is 5.41 Å². The molecule has 0 spiro atoms. The SMILES string of the molecule is CCOC(=O)C(CCCCO)(C(=O)O)c1ccccc1. The molecule has 1 aromatic rings. The highest BCUT2D eigenvalue weighted by atomic mass is 16.5. The fraction of sp³-hybridized carbons (Fsp3) is 0.467. The van der Waals surface area contributed by atoms with Gasteiger partial charge in [-0.3, -0.25) is 9.59 Å². The zero-order valence-electron chi connectivity index (χ0n) is 11.5. The Hall–Kier alpha value is -1.88. The van der Waals surface area contributed by atoms with E-state index in [0.717, 1.165) is 0 Å². The third kappa shape index (κ3) is 3.36. The molecule has 1 rings (SSSR count). The van der Waals surface area contributed by atoms with Gasteiger partial charge in [-0.1, -0.05) is 30.3 Å². The number of aliphatic carboxylic acids is 1. The Morgan fingerprint density at radius 2 is 1.85 bits per heavy atom. The molecule has 0 aromatic heterocycles. The summed E-state index contributed by atoms with van der Waals surface area (Å²) in [6, 6.07) is 8.37. The van der Waals surface area contributed by atoms with Crippen LogP contribution in [0, 0.1) is 0 Å². The van der Waals surface area contributed by atoms with Gasteiger partial charge in [-0.25, -0.2) is 0 Å². The van der Waals surface area contributed by atoms with Crippen molar-refractivity contribution < 1.29 is 24.5 Å². The Kier molecular flexibility index (Phi) is 6.18. The molecule has 0 bridgehead atoms. The number of ether oxygens (including phenoxy) is 1. The van der Waals surface area contributed by atoms with E-state index >= 15 is 0 Å². The number of aliphatic hydroxyl groups excluding tert-OH is 1. The number of hydrogen-bond acceptors (Lipinski definition) is 4. The lowest BCUT2D eigenvalue weighted by atomic mass is 9.76. The Labute approximate surface area is 118 Å². The summed E-state index contributed by atoms with van der Waals surface area (Å²) in [5, 5.41) is 18.5. The van der Waals surface area contributed by atoms with Crippen molar-refractivity contribution in [3.05, 3.63) is 35.9 Å². The fourth-order valence-electron chi connectivity index (χ4n) is 2.16. The fourth-order valence-corrected chi connectivity index (χ4v) is 2.16. The first-order valence-corrected chi connectivity index (χ1v) is 6.66. The monoisotopic (exact) mass is 280 g/mol. The molecule has 1 atom stereocenters. The summed E-state index contributed by atoms with van der Waals surface area (Å²) >= 11 is 0. The maximum absolute atomic E-state index is 12.2. The largest absolute Gasteiger partial charge is 0.480 e. The average Bonchev–Trinajstić information content (AvgIpc) is 2.44. The molecule has 0 saturated carbocycles. The second-order valence-electron chi connectivity index (χ2n) is 4.48. The molecule has 5 nitrogen and oxygen atoms in total. The van der Waals surface area contributed by atoms with Crippen LogP contribution in [0.3, 0.4) is 0 Å². The number of carbonyl (C=O) groups is 2. The molecule has 0 radical (unpaired) electrons. The highest BCUT2D eigenvalue weighted by Crippen LogP contribution is 2.32. The number of carboxylic acid groups (broad SMARTS) is 1. The molecule has 20 heavy (non-hydrogen) atoms. The van der Waals surface area contributed by atoms with Gasteiger partial charge in [-0.05, 0) is 31.7 Å². The number of hydrogen-bond donors (Lipinski definition) is 2. The van der Waals surface area contributed by atoms with Gasteiger partial charge < -0.3 is 14.9 Å². The summed E-state index contributed by atoms with van der Waals surface area (Å²) in [5.41, 5.74) is -1.30. The van der Waals surface area contributed by atoms with E-state index in [1.807, 2.05) is 0 Å². The average molecular weight is 280 g/mol. The summed E-state index contributed by atoms with van der Waals surface area (Å²) in [4.78, 5) is 24.0. The number of carbonyl (C=O) groups excluding carboxylic acids is 1. The topological polar surface area (TPSA) is 83.8 Å². The first-order chi connectivity index (χ1) is 9.59. The summed E-state index contributed by atoms with van der Waals surface area (Å²) in [6.45, 7) is 1.73. The first kappa shape index (κ1) is 16.2. The molecule has 0 amide bonds. The maximum atomic E-state index is 12.2. The van der Waals surface area contributed by atoms with Crippen molar-refractivity contribution in [2.75, 3.05) is 13.2 Å². The molecule has 1 aromatic carbocycles. The van der Waals surface area contributed by atoms with Gasteiger partial charge in [-0.2, -0.15) is 0 Å². The van der Waals surface area contributed by atoms with Crippen molar-refractivity contribution in [1.82, 2.24) is 0 Å². The van der Waals surface area contributed by atoms with Crippen molar-refractivity contribution in [1.29, 1.82) is 0 Å². The lowest BCUT2D eigenvalue weighted by molar-refractivity contribution is -0.162. The quantitative estimate of drug-likeness (QED) is 0.430. The third-order valence-corrected chi connectivity index (χ3v) is 3.22. The van der Waals surface area contributed by atoms with E-state index in [2.05, 4.69) is 0 Å². The lowest BCUT2D eigenvalue weighted by Crippen LogP contribution is -2.45. The second-order valence-corrected chi connectivity index (χ2v) is 4.48. The van der Waals surface area contributed by atoms with E-state index in [9.17, 15) is 14.7 Å². The maximum Gasteiger partial charge on any atom is 0.328 e. The Morgan fingerprint density at radius 3 is 2.35 bits per heavy atom. The minimum atomic E-state index is -1.70. The minimum absolute atomic E-state index is 0.0344. The van der Waals surface area contributed by atoms with Crippen LogP contribution in [0.4, 0.5) is 0 Å². The van der Waals surface area contributed by atoms with Gasteiger partial charge in [-0.15, -0.1) is 0 Å². The zero-order valence-corrected chi connectivity index (χ0v) is 11.5. The van der Waals surface area contributed by atoms with E-state index in [-0.39, 0.29) is 19.6 Å². The Morgan fingerprint density at radius 1 is 1.20 bits per heavy atom. The number of carboxylic acids is 1. The van der Waals surface area contributed by atoms with Gasteiger partial charge in [0.25, 0.3) is 0 Å². The molecule has 1 unspecified atom stereocenters. The van der Waals surface area contributed by atoms with Crippen molar-refractivity contribution in [3.8, 4) is 0 Å². The molecule has 5 heteroatoms. The molecule has 0 fully saturated rings. The number of rotatable bonds is 8. The molecule has 0 heterocycles. The first-order valence-electron chi connectivity index (χ1n) is 6.66. The van der Waals surface area contributed by atoms with Crippen LogP contribution >= 0.6 is 0 Å². The van der Waals surface area contributed by atoms with Crippen LogP contribution in [-0.2, 0) is 19.7 Å². The van der Waals surface area contributed by atoms with Gasteiger partial charge in [0, 0.05) is 6.61 Å². The van der Waals surface area contributed by atoms with E-state index in [0.29, 0.717) is 18.4 Å². The molecule has 110 valence electrons. The Bertz CT molecular complexity index is 443. The minimum Gasteiger partial charge on any atom is -0.480 e. The number of unbranched alkanes of at least 4 members (excludes halogenated alkanes) is 1. The molecule has 0 aliphatic carbocycles. The summed E-state index contributed by atoms with van der Waals surface area (Å²) in [5.74, 6) is -1.98. The predicted molar refractivity (Wildman–Crippen MR) is 73.3 cm³/mol. The van der Waals surface area contributed by atoms with Crippen LogP contribution < -0.4 is 0 Å². The van der Waals surface area contributed by atoms with E-state index in [1.165, 1.54) is 0 Å². The van der Waals surface area contributed by atoms with Crippen molar-refractivity contribution in [2.24, 2.45) is 0 Å². The van der Waals surface area contributed by atoms with Crippen LogP contribution in [0.2, 0.25) is 0 Å². The van der Waals surface area contributed by atoms with E-state index in [4.69, 9.17) is 9.84 Å². The highest BCUT2D eigenvalue weighted by Gasteiger charge is 2.48. The highest BCUT2D eigenvalue weighted by molar-refractivity contribution is 6.05. The van der Waals surface area contributed by atoms with Crippen molar-refractivity contribution in [3.63, 3.8) is 0 Å². The third-order valence-electron chi connectivity index (χ3n) is 3.22. The zero-order chi connectivity index (χ0) is 15.0. The van der Waals surface area contributed by atoms with Crippen LogP contribution in [-0.4, -0.2) is 35.4 Å². The molecular formula is C15H20O5. The van der Waals surface area contributed by atoms with Gasteiger partial charge in [0.1, 0.15) is 0 Å².